The first-order valence-corrected chi connectivity index (χ1v) is 6.12. The zero-order valence-corrected chi connectivity index (χ0v) is 10.3. The summed E-state index contributed by atoms with van der Waals surface area (Å²) in [5.41, 5.74) is 5.85. The summed E-state index contributed by atoms with van der Waals surface area (Å²) in [4.78, 5) is 0. The number of nitrogens with one attached hydrogen (secondary N) is 1. The smallest absolute Gasteiger partial charge is 0.0474 e. The van der Waals surface area contributed by atoms with Crippen molar-refractivity contribution in [3.8, 4) is 0 Å². The Kier molecular flexibility index (Phi) is 4.56. The van der Waals surface area contributed by atoms with Crippen LogP contribution in [0.25, 0.3) is 0 Å². The first-order chi connectivity index (χ1) is 7.03. The van der Waals surface area contributed by atoms with E-state index >= 15 is 0 Å². The Bertz CT molecular complexity index is 196. The minimum Gasteiger partial charge on any atom is -0.396 e. The number of hydrogen-bond donors (Lipinski definition) is 3. The van der Waals surface area contributed by atoms with Crippen LogP contribution in [0.15, 0.2) is 0 Å². The highest BCUT2D eigenvalue weighted by Gasteiger charge is 2.34. The average Bonchev–Trinajstić information content (AvgIpc) is 2.64. The topological polar surface area (TPSA) is 58.3 Å². The Morgan fingerprint density at radius 2 is 2.13 bits per heavy atom. The Hall–Kier alpha value is -0.120. The third kappa shape index (κ3) is 2.92. The summed E-state index contributed by atoms with van der Waals surface area (Å²) in [5, 5.41) is 12.9. The highest BCUT2D eigenvalue weighted by molar-refractivity contribution is 4.94. The molecule has 0 aromatic rings. The molecule has 15 heavy (non-hydrogen) atoms. The van der Waals surface area contributed by atoms with E-state index in [1.165, 1.54) is 12.8 Å². The first kappa shape index (κ1) is 12.9. The lowest BCUT2D eigenvalue weighted by molar-refractivity contribution is 0.166. The van der Waals surface area contributed by atoms with Gasteiger partial charge in [-0.05, 0) is 31.6 Å². The van der Waals surface area contributed by atoms with Gasteiger partial charge in [-0.2, -0.15) is 0 Å². The van der Waals surface area contributed by atoms with E-state index in [9.17, 15) is 5.11 Å². The Morgan fingerprint density at radius 3 is 2.60 bits per heavy atom. The third-order valence-corrected chi connectivity index (χ3v) is 4.11. The second-order valence-electron chi connectivity index (χ2n) is 5.40. The quantitative estimate of drug-likeness (QED) is 0.642. The number of nitrogens with two attached hydrogens (primary N) is 1. The van der Waals surface area contributed by atoms with Crippen molar-refractivity contribution in [2.75, 3.05) is 13.2 Å². The number of aliphatic hydroxyl groups excluding tert-OH is 1. The summed E-state index contributed by atoms with van der Waals surface area (Å²) < 4.78 is 0. The van der Waals surface area contributed by atoms with Crippen LogP contribution >= 0.6 is 0 Å². The summed E-state index contributed by atoms with van der Waals surface area (Å²) in [7, 11) is 0. The molecule has 0 radical (unpaired) electrons. The van der Waals surface area contributed by atoms with Gasteiger partial charge < -0.3 is 16.2 Å². The Morgan fingerprint density at radius 1 is 1.47 bits per heavy atom. The molecule has 4 N–H and O–H groups in total. The zero-order valence-electron chi connectivity index (χ0n) is 10.3. The van der Waals surface area contributed by atoms with Crippen molar-refractivity contribution in [1.82, 2.24) is 5.32 Å². The van der Waals surface area contributed by atoms with Crippen LogP contribution in [0.5, 0.6) is 0 Å². The predicted octanol–water partition coefficient (Wildman–Crippen LogP) is 1.11. The largest absolute Gasteiger partial charge is 0.396 e. The molecule has 3 atom stereocenters. The summed E-state index contributed by atoms with van der Waals surface area (Å²) in [6, 6.07) is 0.450. The van der Waals surface area contributed by atoms with Gasteiger partial charge in [0.25, 0.3) is 0 Å². The lowest BCUT2D eigenvalue weighted by Gasteiger charge is -2.38. The van der Waals surface area contributed by atoms with Crippen molar-refractivity contribution < 1.29 is 5.11 Å². The molecule has 1 fully saturated rings. The molecular formula is C12H26N2O. The summed E-state index contributed by atoms with van der Waals surface area (Å²) in [6.45, 7) is 7.53. The fraction of sp³-hybridized carbons (Fsp3) is 1.00. The molecule has 1 rings (SSSR count). The van der Waals surface area contributed by atoms with E-state index in [-0.39, 0.29) is 5.54 Å². The maximum atomic E-state index is 9.27. The molecule has 3 nitrogen and oxygen atoms in total. The van der Waals surface area contributed by atoms with Crippen molar-refractivity contribution in [3.05, 3.63) is 0 Å². The second-order valence-corrected chi connectivity index (χ2v) is 5.40. The Labute approximate surface area is 93.4 Å². The maximum absolute atomic E-state index is 9.27. The van der Waals surface area contributed by atoms with Crippen molar-refractivity contribution in [1.29, 1.82) is 0 Å². The van der Waals surface area contributed by atoms with E-state index < -0.39 is 0 Å². The van der Waals surface area contributed by atoms with Gasteiger partial charge in [-0.3, -0.25) is 0 Å². The van der Waals surface area contributed by atoms with E-state index in [4.69, 9.17) is 5.73 Å². The molecule has 0 heterocycles. The van der Waals surface area contributed by atoms with Gasteiger partial charge >= 0.3 is 0 Å². The molecule has 3 unspecified atom stereocenters. The zero-order chi connectivity index (χ0) is 11.5. The van der Waals surface area contributed by atoms with Crippen LogP contribution in [0.4, 0.5) is 0 Å². The van der Waals surface area contributed by atoms with Gasteiger partial charge in [-0.25, -0.2) is 0 Å². The van der Waals surface area contributed by atoms with Gasteiger partial charge in [0.1, 0.15) is 0 Å². The third-order valence-electron chi connectivity index (χ3n) is 4.11. The number of rotatable bonds is 5. The van der Waals surface area contributed by atoms with Gasteiger partial charge in [0.05, 0.1) is 0 Å². The molecule has 0 aromatic carbocycles. The number of aliphatic hydroxyl groups is 1. The van der Waals surface area contributed by atoms with E-state index in [1.54, 1.807) is 0 Å². The molecule has 3 heteroatoms. The van der Waals surface area contributed by atoms with Crippen LogP contribution in [-0.2, 0) is 0 Å². The molecule has 90 valence electrons. The van der Waals surface area contributed by atoms with Crippen LogP contribution in [-0.4, -0.2) is 29.8 Å². The molecule has 0 saturated heterocycles. The van der Waals surface area contributed by atoms with E-state index in [2.05, 4.69) is 26.1 Å². The summed E-state index contributed by atoms with van der Waals surface area (Å²) in [5.74, 6) is 0.942. The van der Waals surface area contributed by atoms with Gasteiger partial charge in [0, 0.05) is 24.7 Å². The fourth-order valence-electron chi connectivity index (χ4n) is 2.33. The summed E-state index contributed by atoms with van der Waals surface area (Å²) >= 11 is 0. The first-order valence-electron chi connectivity index (χ1n) is 6.12. The molecule has 0 aliphatic heterocycles. The molecular weight excluding hydrogens is 188 g/mol. The molecule has 0 spiro atoms. The van der Waals surface area contributed by atoms with Crippen molar-refractivity contribution >= 4 is 0 Å². The van der Waals surface area contributed by atoms with Gasteiger partial charge in [-0.15, -0.1) is 0 Å². The molecule has 1 saturated carbocycles. The van der Waals surface area contributed by atoms with Crippen LogP contribution in [0, 0.1) is 11.8 Å². The van der Waals surface area contributed by atoms with Crippen LogP contribution in [0.2, 0.25) is 0 Å². The standard InChI is InChI=1S/C12H26N2O/c1-9(2)12(3,8-13)14-11-6-4-5-10(11)7-15/h9-11,14-15H,4-8,13H2,1-3H3. The van der Waals surface area contributed by atoms with E-state index in [0.717, 1.165) is 6.42 Å². The lowest BCUT2D eigenvalue weighted by Crippen LogP contribution is -2.57. The highest BCUT2D eigenvalue weighted by atomic mass is 16.3. The molecule has 0 aromatic heterocycles. The van der Waals surface area contributed by atoms with Crippen molar-refractivity contribution in [3.63, 3.8) is 0 Å². The summed E-state index contributed by atoms with van der Waals surface area (Å²) in [6.07, 6.45) is 3.54. The monoisotopic (exact) mass is 214 g/mol. The average molecular weight is 214 g/mol. The van der Waals surface area contributed by atoms with Crippen molar-refractivity contribution in [2.45, 2.75) is 51.6 Å². The van der Waals surface area contributed by atoms with Gasteiger partial charge in [-0.1, -0.05) is 20.3 Å². The molecule has 0 bridgehead atoms. The minimum atomic E-state index is 0.00241. The normalized spacial score (nSPS) is 30.8. The second kappa shape index (κ2) is 5.28. The van der Waals surface area contributed by atoms with Crippen LogP contribution in [0.3, 0.4) is 0 Å². The predicted molar refractivity (Wildman–Crippen MR) is 63.6 cm³/mol. The lowest BCUT2D eigenvalue weighted by atomic mass is 9.86. The Balaban J connectivity index is 2.58. The van der Waals surface area contributed by atoms with E-state index in [0.29, 0.717) is 31.0 Å². The molecule has 1 aliphatic carbocycles. The molecule has 0 amide bonds. The van der Waals surface area contributed by atoms with Crippen molar-refractivity contribution in [2.24, 2.45) is 17.6 Å². The minimum absolute atomic E-state index is 0.00241. The molecule has 1 aliphatic rings. The van der Waals surface area contributed by atoms with Gasteiger partial charge in [0.15, 0.2) is 0 Å². The van der Waals surface area contributed by atoms with Gasteiger partial charge in [0.2, 0.25) is 0 Å². The fourth-order valence-corrected chi connectivity index (χ4v) is 2.33. The maximum Gasteiger partial charge on any atom is 0.0474 e. The van der Waals surface area contributed by atoms with E-state index in [1.807, 2.05) is 0 Å². The van der Waals surface area contributed by atoms with Crippen LogP contribution < -0.4 is 11.1 Å². The SMILES string of the molecule is CC(C)C(C)(CN)NC1CCCC1CO. The number of hydrogen-bond acceptors (Lipinski definition) is 3. The van der Waals surface area contributed by atoms with Crippen LogP contribution in [0.1, 0.15) is 40.0 Å². The highest BCUT2D eigenvalue weighted by Crippen LogP contribution is 2.28.